The topological polar surface area (TPSA) is 41.5 Å². The molecule has 1 aromatic carbocycles. The van der Waals surface area contributed by atoms with E-state index in [2.05, 4.69) is 29.1 Å². The molecule has 0 saturated carbocycles. The smallest absolute Gasteiger partial charge is 0.119 e. The van der Waals surface area contributed by atoms with Crippen LogP contribution in [0.5, 0.6) is 5.75 Å². The lowest BCUT2D eigenvalue weighted by molar-refractivity contribution is 0.170. The van der Waals surface area contributed by atoms with Gasteiger partial charge in [-0.05, 0) is 47.0 Å². The summed E-state index contributed by atoms with van der Waals surface area (Å²) in [7, 11) is 1.63. The Bertz CT molecular complexity index is 499. The molecule has 0 aliphatic carbocycles. The second kappa shape index (κ2) is 6.70. The zero-order chi connectivity index (χ0) is 13.7. The van der Waals surface area contributed by atoms with E-state index >= 15 is 0 Å². The van der Waals surface area contributed by atoms with Gasteiger partial charge in [-0.25, -0.2) is 0 Å². The Morgan fingerprint density at radius 2 is 2.16 bits per heavy atom. The SMILES string of the molecule is COc1cccc([C@H](O)CN[C@H](C)c2ccsc2)c1. The van der Waals surface area contributed by atoms with Crippen molar-refractivity contribution < 1.29 is 9.84 Å². The molecule has 1 aromatic heterocycles. The van der Waals surface area contributed by atoms with Crippen molar-refractivity contribution in [3.05, 3.63) is 52.2 Å². The van der Waals surface area contributed by atoms with Gasteiger partial charge in [0.15, 0.2) is 0 Å². The van der Waals surface area contributed by atoms with Crippen LogP contribution in [0.15, 0.2) is 41.1 Å². The van der Waals surface area contributed by atoms with Crippen LogP contribution in [0.25, 0.3) is 0 Å². The Kier molecular flexibility index (Phi) is 4.96. The van der Waals surface area contributed by atoms with Crippen molar-refractivity contribution in [1.82, 2.24) is 5.32 Å². The number of nitrogens with one attached hydrogen (secondary N) is 1. The number of aliphatic hydroxyl groups excluding tert-OH is 1. The van der Waals surface area contributed by atoms with Gasteiger partial charge in [-0.15, -0.1) is 0 Å². The predicted molar refractivity (Wildman–Crippen MR) is 78.7 cm³/mol. The lowest BCUT2D eigenvalue weighted by atomic mass is 10.1. The first-order valence-corrected chi connectivity index (χ1v) is 7.22. The van der Waals surface area contributed by atoms with Crippen molar-refractivity contribution >= 4 is 11.3 Å². The second-order valence-corrected chi connectivity index (χ2v) is 5.26. The molecule has 0 unspecified atom stereocenters. The molecule has 4 heteroatoms. The van der Waals surface area contributed by atoms with E-state index in [9.17, 15) is 5.11 Å². The van der Waals surface area contributed by atoms with Gasteiger partial charge in [-0.2, -0.15) is 11.3 Å². The molecule has 19 heavy (non-hydrogen) atoms. The number of benzene rings is 1. The first-order valence-electron chi connectivity index (χ1n) is 6.28. The van der Waals surface area contributed by atoms with Crippen LogP contribution in [0.2, 0.25) is 0 Å². The van der Waals surface area contributed by atoms with E-state index < -0.39 is 6.10 Å². The lowest BCUT2D eigenvalue weighted by Crippen LogP contribution is -2.24. The zero-order valence-corrected chi connectivity index (χ0v) is 12.0. The van der Waals surface area contributed by atoms with E-state index in [0.29, 0.717) is 6.54 Å². The Morgan fingerprint density at radius 3 is 2.84 bits per heavy atom. The van der Waals surface area contributed by atoms with Gasteiger partial charge in [0.1, 0.15) is 5.75 Å². The molecule has 0 radical (unpaired) electrons. The summed E-state index contributed by atoms with van der Waals surface area (Å²) in [4.78, 5) is 0. The van der Waals surface area contributed by atoms with Crippen molar-refractivity contribution in [2.45, 2.75) is 19.1 Å². The van der Waals surface area contributed by atoms with Gasteiger partial charge in [0, 0.05) is 12.6 Å². The Hall–Kier alpha value is -1.36. The third kappa shape index (κ3) is 3.80. The fraction of sp³-hybridized carbons (Fsp3) is 0.333. The van der Waals surface area contributed by atoms with Crippen LogP contribution in [0.4, 0.5) is 0 Å². The molecule has 0 spiro atoms. The first kappa shape index (κ1) is 14.1. The second-order valence-electron chi connectivity index (χ2n) is 4.48. The normalized spacial score (nSPS) is 14.1. The molecule has 3 nitrogen and oxygen atoms in total. The summed E-state index contributed by atoms with van der Waals surface area (Å²) in [6, 6.07) is 9.87. The average molecular weight is 277 g/mol. The molecule has 0 fully saturated rings. The summed E-state index contributed by atoms with van der Waals surface area (Å²) in [6.07, 6.45) is -0.531. The summed E-state index contributed by atoms with van der Waals surface area (Å²) in [5.74, 6) is 0.766. The lowest BCUT2D eigenvalue weighted by Gasteiger charge is -2.17. The number of aliphatic hydroxyl groups is 1. The highest BCUT2D eigenvalue weighted by molar-refractivity contribution is 7.07. The van der Waals surface area contributed by atoms with Crippen LogP contribution >= 0.6 is 11.3 Å². The first-order chi connectivity index (χ1) is 9.20. The molecule has 1 heterocycles. The highest BCUT2D eigenvalue weighted by atomic mass is 32.1. The maximum Gasteiger partial charge on any atom is 0.119 e. The van der Waals surface area contributed by atoms with Gasteiger partial charge in [-0.3, -0.25) is 0 Å². The van der Waals surface area contributed by atoms with Crippen LogP contribution in [0, 0.1) is 0 Å². The van der Waals surface area contributed by atoms with E-state index in [4.69, 9.17) is 4.74 Å². The van der Waals surface area contributed by atoms with Gasteiger partial charge < -0.3 is 15.2 Å². The quantitative estimate of drug-likeness (QED) is 0.852. The third-order valence-electron chi connectivity index (χ3n) is 3.14. The molecular weight excluding hydrogens is 258 g/mol. The van der Waals surface area contributed by atoms with Gasteiger partial charge >= 0.3 is 0 Å². The molecule has 2 atom stereocenters. The van der Waals surface area contributed by atoms with E-state index in [1.165, 1.54) is 5.56 Å². The van der Waals surface area contributed by atoms with Crippen molar-refractivity contribution in [3.63, 3.8) is 0 Å². The molecule has 0 saturated heterocycles. The number of methoxy groups -OCH3 is 1. The summed E-state index contributed by atoms with van der Waals surface area (Å²) < 4.78 is 5.16. The minimum atomic E-state index is -0.531. The molecule has 102 valence electrons. The van der Waals surface area contributed by atoms with Crippen LogP contribution in [0.1, 0.15) is 30.2 Å². The minimum absolute atomic E-state index is 0.242. The Labute approximate surface area is 117 Å². The number of hydrogen-bond acceptors (Lipinski definition) is 4. The number of thiophene rings is 1. The van der Waals surface area contributed by atoms with Gasteiger partial charge in [0.25, 0.3) is 0 Å². The fourth-order valence-electron chi connectivity index (χ4n) is 1.89. The van der Waals surface area contributed by atoms with E-state index in [0.717, 1.165) is 11.3 Å². The Balaban J connectivity index is 1.91. The molecular formula is C15H19NO2S. The number of hydrogen-bond donors (Lipinski definition) is 2. The molecule has 0 aliphatic heterocycles. The summed E-state index contributed by atoms with van der Waals surface area (Å²) in [5, 5.41) is 17.7. The van der Waals surface area contributed by atoms with Crippen molar-refractivity contribution in [1.29, 1.82) is 0 Å². The highest BCUT2D eigenvalue weighted by Gasteiger charge is 2.11. The maximum absolute atomic E-state index is 10.2. The maximum atomic E-state index is 10.2. The van der Waals surface area contributed by atoms with Crippen LogP contribution in [-0.4, -0.2) is 18.8 Å². The molecule has 0 aliphatic rings. The standard InChI is InChI=1S/C15H19NO2S/c1-11(13-6-7-19-10-13)16-9-15(17)12-4-3-5-14(8-12)18-2/h3-8,10-11,15-17H,9H2,1-2H3/t11-,15-/m1/s1. The summed E-state index contributed by atoms with van der Waals surface area (Å²) in [5.41, 5.74) is 2.12. The van der Waals surface area contributed by atoms with Gasteiger partial charge in [-0.1, -0.05) is 12.1 Å². The molecule has 2 N–H and O–H groups in total. The average Bonchev–Trinajstić information content (AvgIpc) is 2.98. The predicted octanol–water partition coefficient (Wildman–Crippen LogP) is 3.14. The molecule has 0 amide bonds. The largest absolute Gasteiger partial charge is 0.497 e. The zero-order valence-electron chi connectivity index (χ0n) is 11.2. The van der Waals surface area contributed by atoms with Crippen LogP contribution in [-0.2, 0) is 0 Å². The van der Waals surface area contributed by atoms with Crippen molar-refractivity contribution in [2.24, 2.45) is 0 Å². The highest BCUT2D eigenvalue weighted by Crippen LogP contribution is 2.20. The van der Waals surface area contributed by atoms with E-state index in [1.54, 1.807) is 18.4 Å². The fourth-order valence-corrected chi connectivity index (χ4v) is 2.65. The van der Waals surface area contributed by atoms with Gasteiger partial charge in [0.05, 0.1) is 13.2 Å². The van der Waals surface area contributed by atoms with Crippen LogP contribution < -0.4 is 10.1 Å². The summed E-state index contributed by atoms with van der Waals surface area (Å²) in [6.45, 7) is 2.62. The summed E-state index contributed by atoms with van der Waals surface area (Å²) >= 11 is 1.68. The number of rotatable bonds is 6. The van der Waals surface area contributed by atoms with Crippen LogP contribution in [0.3, 0.4) is 0 Å². The Morgan fingerprint density at radius 1 is 1.32 bits per heavy atom. The van der Waals surface area contributed by atoms with Gasteiger partial charge in [0.2, 0.25) is 0 Å². The number of ether oxygens (including phenoxy) is 1. The molecule has 2 aromatic rings. The molecule has 2 rings (SSSR count). The monoisotopic (exact) mass is 277 g/mol. The molecule has 0 bridgehead atoms. The van der Waals surface area contributed by atoms with E-state index in [-0.39, 0.29) is 6.04 Å². The van der Waals surface area contributed by atoms with Crippen molar-refractivity contribution in [3.8, 4) is 5.75 Å². The minimum Gasteiger partial charge on any atom is -0.497 e. The third-order valence-corrected chi connectivity index (χ3v) is 3.84. The van der Waals surface area contributed by atoms with Crippen molar-refractivity contribution in [2.75, 3.05) is 13.7 Å². The van der Waals surface area contributed by atoms with E-state index in [1.807, 2.05) is 24.3 Å².